The molecule has 1 N–H and O–H groups in total. The lowest BCUT2D eigenvalue weighted by atomic mass is 10.1. The van der Waals surface area contributed by atoms with E-state index in [2.05, 4.69) is 32.3 Å². The number of likely N-dealkylation sites (N-methyl/N-ethyl adjacent to an activating group) is 1. The summed E-state index contributed by atoms with van der Waals surface area (Å²) in [4.78, 5) is 21.5. The highest BCUT2D eigenvalue weighted by molar-refractivity contribution is 5.79. The molecule has 0 saturated carbocycles. The van der Waals surface area contributed by atoms with Crippen LogP contribution in [0.15, 0.2) is 22.9 Å². The Morgan fingerprint density at radius 1 is 1.19 bits per heavy atom. The number of carbonyl (C=O) groups is 1. The maximum absolute atomic E-state index is 12.4. The van der Waals surface area contributed by atoms with Gasteiger partial charge in [0, 0.05) is 50.9 Å². The van der Waals surface area contributed by atoms with Gasteiger partial charge in [-0.3, -0.25) is 4.79 Å². The van der Waals surface area contributed by atoms with Crippen LogP contribution in [-0.4, -0.2) is 54.2 Å². The van der Waals surface area contributed by atoms with Gasteiger partial charge in [0.1, 0.15) is 11.6 Å². The van der Waals surface area contributed by atoms with E-state index in [1.165, 1.54) is 0 Å². The Morgan fingerprint density at radius 2 is 1.96 bits per heavy atom. The smallest absolute Gasteiger partial charge is 0.224 e. The van der Waals surface area contributed by atoms with E-state index >= 15 is 0 Å². The van der Waals surface area contributed by atoms with Crippen LogP contribution in [0.4, 0.5) is 5.82 Å². The first-order chi connectivity index (χ1) is 13.1. The number of nitrogens with zero attached hydrogens (tertiary/aromatic N) is 4. The van der Waals surface area contributed by atoms with E-state index in [-0.39, 0.29) is 5.91 Å². The van der Waals surface area contributed by atoms with Gasteiger partial charge >= 0.3 is 0 Å². The Labute approximate surface area is 160 Å². The molecule has 27 heavy (non-hydrogen) atoms. The van der Waals surface area contributed by atoms with Crippen LogP contribution in [-0.2, 0) is 30.6 Å². The molecule has 1 fully saturated rings. The number of nitrogens with one attached hydrogen (secondary N) is 1. The minimum atomic E-state index is -0.0225. The zero-order chi connectivity index (χ0) is 19.2. The van der Waals surface area contributed by atoms with Crippen molar-refractivity contribution in [2.24, 2.45) is 0 Å². The van der Waals surface area contributed by atoms with Gasteiger partial charge < -0.3 is 19.6 Å². The minimum Gasteiger partial charge on any atom is -0.361 e. The number of piperazine rings is 1. The number of rotatable bonds is 7. The van der Waals surface area contributed by atoms with E-state index < -0.39 is 0 Å². The monoisotopic (exact) mass is 371 g/mol. The molecule has 0 spiro atoms. The third kappa shape index (κ3) is 4.86. The van der Waals surface area contributed by atoms with Crippen LogP contribution in [0.1, 0.15) is 36.4 Å². The molecule has 1 amide bonds. The predicted octanol–water partition coefficient (Wildman–Crippen LogP) is 1.81. The summed E-state index contributed by atoms with van der Waals surface area (Å²) in [5, 5.41) is 7.04. The third-order valence-electron chi connectivity index (χ3n) is 5.07. The van der Waals surface area contributed by atoms with Crippen molar-refractivity contribution in [2.45, 2.75) is 39.7 Å². The van der Waals surface area contributed by atoms with Crippen LogP contribution in [0, 0.1) is 0 Å². The Morgan fingerprint density at radius 3 is 2.59 bits per heavy atom. The number of pyridine rings is 1. The van der Waals surface area contributed by atoms with Gasteiger partial charge in [0.15, 0.2) is 0 Å². The molecule has 3 heterocycles. The largest absolute Gasteiger partial charge is 0.361 e. The molecule has 0 radical (unpaired) electrons. The van der Waals surface area contributed by atoms with Crippen LogP contribution in [0.3, 0.4) is 0 Å². The average Bonchev–Trinajstić information content (AvgIpc) is 3.09. The Balaban J connectivity index is 1.52. The normalized spacial score (nSPS) is 15.1. The van der Waals surface area contributed by atoms with E-state index in [1.54, 1.807) is 0 Å². The lowest BCUT2D eigenvalue weighted by Crippen LogP contribution is -2.44. The van der Waals surface area contributed by atoms with Crippen molar-refractivity contribution in [3.8, 4) is 0 Å². The molecular formula is C20H29N5O2. The Hall–Kier alpha value is -2.41. The van der Waals surface area contributed by atoms with Crippen molar-refractivity contribution >= 4 is 11.7 Å². The van der Waals surface area contributed by atoms with Gasteiger partial charge in [-0.2, -0.15) is 0 Å². The van der Waals surface area contributed by atoms with Crippen molar-refractivity contribution in [1.29, 1.82) is 0 Å². The number of aryl methyl sites for hydroxylation is 2. The molecule has 0 bridgehead atoms. The average molecular weight is 371 g/mol. The standard InChI is InChI=1S/C20H29N5O2/c1-4-17-16(18(5-2)27-23-17)12-20(26)22-14-15-6-7-19(21-13-15)25-10-8-24(3)9-11-25/h6-7,13H,4-5,8-12,14H2,1-3H3,(H,22,26). The maximum atomic E-state index is 12.4. The zero-order valence-electron chi connectivity index (χ0n) is 16.5. The van der Waals surface area contributed by atoms with E-state index in [0.717, 1.165) is 67.4 Å². The molecular weight excluding hydrogens is 342 g/mol. The molecule has 0 atom stereocenters. The van der Waals surface area contributed by atoms with Gasteiger partial charge in [0.2, 0.25) is 5.91 Å². The summed E-state index contributed by atoms with van der Waals surface area (Å²) < 4.78 is 5.33. The zero-order valence-corrected chi connectivity index (χ0v) is 16.5. The fourth-order valence-electron chi connectivity index (χ4n) is 3.31. The molecule has 3 rings (SSSR count). The molecule has 1 aliphatic heterocycles. The predicted molar refractivity (Wildman–Crippen MR) is 105 cm³/mol. The number of hydrogen-bond donors (Lipinski definition) is 1. The van der Waals surface area contributed by atoms with Gasteiger partial charge in [-0.25, -0.2) is 4.98 Å². The minimum absolute atomic E-state index is 0.0225. The van der Waals surface area contributed by atoms with Crippen LogP contribution >= 0.6 is 0 Å². The highest BCUT2D eigenvalue weighted by Crippen LogP contribution is 2.17. The summed E-state index contributed by atoms with van der Waals surface area (Å²) in [6, 6.07) is 4.08. The van der Waals surface area contributed by atoms with E-state index in [4.69, 9.17) is 4.52 Å². The summed E-state index contributed by atoms with van der Waals surface area (Å²) in [6.45, 7) is 8.61. The molecule has 2 aromatic heterocycles. The summed E-state index contributed by atoms with van der Waals surface area (Å²) in [5.74, 6) is 1.79. The van der Waals surface area contributed by atoms with E-state index in [1.807, 2.05) is 32.2 Å². The fourth-order valence-corrected chi connectivity index (χ4v) is 3.31. The summed E-state index contributed by atoms with van der Waals surface area (Å²) in [5.41, 5.74) is 2.80. The lowest BCUT2D eigenvalue weighted by Gasteiger charge is -2.33. The van der Waals surface area contributed by atoms with Gasteiger partial charge in [-0.05, 0) is 25.1 Å². The molecule has 1 aliphatic rings. The summed E-state index contributed by atoms with van der Waals surface area (Å²) in [6.07, 6.45) is 3.67. The van der Waals surface area contributed by atoms with Crippen molar-refractivity contribution in [1.82, 2.24) is 20.4 Å². The number of amides is 1. The van der Waals surface area contributed by atoms with E-state index in [9.17, 15) is 4.79 Å². The van der Waals surface area contributed by atoms with Crippen molar-refractivity contribution < 1.29 is 9.32 Å². The second kappa shape index (κ2) is 8.99. The van der Waals surface area contributed by atoms with Crippen LogP contribution in [0.2, 0.25) is 0 Å². The SMILES string of the molecule is CCc1noc(CC)c1CC(=O)NCc1ccc(N2CCN(C)CC2)nc1. The Kier molecular flexibility index (Phi) is 6.45. The van der Waals surface area contributed by atoms with Crippen LogP contribution in [0.25, 0.3) is 0 Å². The first kappa shape index (κ1) is 19.4. The molecule has 0 aromatic carbocycles. The van der Waals surface area contributed by atoms with Crippen molar-refractivity contribution in [3.05, 3.63) is 40.9 Å². The van der Waals surface area contributed by atoms with Crippen molar-refractivity contribution in [3.63, 3.8) is 0 Å². The molecule has 2 aromatic rings. The van der Waals surface area contributed by atoms with E-state index in [0.29, 0.717) is 13.0 Å². The number of carbonyl (C=O) groups excluding carboxylic acids is 1. The topological polar surface area (TPSA) is 74.5 Å². The second-order valence-electron chi connectivity index (χ2n) is 7.01. The maximum Gasteiger partial charge on any atom is 0.224 e. The van der Waals surface area contributed by atoms with Gasteiger partial charge in [0.25, 0.3) is 0 Å². The first-order valence-corrected chi connectivity index (χ1v) is 9.72. The van der Waals surface area contributed by atoms with Crippen molar-refractivity contribution in [2.75, 3.05) is 38.1 Å². The highest BCUT2D eigenvalue weighted by Gasteiger charge is 2.17. The molecule has 146 valence electrons. The second-order valence-corrected chi connectivity index (χ2v) is 7.01. The lowest BCUT2D eigenvalue weighted by molar-refractivity contribution is -0.120. The number of anilines is 1. The molecule has 0 aliphatic carbocycles. The highest BCUT2D eigenvalue weighted by atomic mass is 16.5. The fraction of sp³-hybridized carbons (Fsp3) is 0.550. The van der Waals surface area contributed by atoms with Gasteiger partial charge in [-0.15, -0.1) is 0 Å². The number of aromatic nitrogens is 2. The molecule has 7 heteroatoms. The Bertz CT molecular complexity index is 727. The first-order valence-electron chi connectivity index (χ1n) is 9.72. The van der Waals surface area contributed by atoms with Gasteiger partial charge in [-0.1, -0.05) is 25.1 Å². The third-order valence-corrected chi connectivity index (χ3v) is 5.07. The summed E-state index contributed by atoms with van der Waals surface area (Å²) in [7, 11) is 2.14. The van der Waals surface area contributed by atoms with Crippen LogP contribution < -0.4 is 10.2 Å². The quantitative estimate of drug-likeness (QED) is 0.800. The van der Waals surface area contributed by atoms with Crippen LogP contribution in [0.5, 0.6) is 0 Å². The molecule has 0 unspecified atom stereocenters. The van der Waals surface area contributed by atoms with Gasteiger partial charge in [0.05, 0.1) is 12.1 Å². The summed E-state index contributed by atoms with van der Waals surface area (Å²) >= 11 is 0. The number of hydrogen-bond acceptors (Lipinski definition) is 6. The molecule has 7 nitrogen and oxygen atoms in total. The molecule has 1 saturated heterocycles.